The number of nitrogens with two attached hydrogens (primary N) is 6. The van der Waals surface area contributed by atoms with Crippen LogP contribution in [-0.4, -0.2) is 225 Å². The molecule has 1 aromatic heterocycles. The Bertz CT molecular complexity index is 4440. The number of fused-ring (bicyclic) bond motifs is 2. The summed E-state index contributed by atoms with van der Waals surface area (Å²) in [7, 11) is 0. The van der Waals surface area contributed by atoms with E-state index in [4.69, 9.17) is 50.7 Å². The Morgan fingerprint density at radius 2 is 1.24 bits per heavy atom. The third-order valence-corrected chi connectivity index (χ3v) is 20.0. The molecule has 1 fully saturated rings. The van der Waals surface area contributed by atoms with Crippen molar-refractivity contribution in [2.45, 2.75) is 183 Å². The second-order valence-electron chi connectivity index (χ2n) is 28.2. The number of aliphatic hydroxyl groups excluding tert-OH is 1. The number of carboxylic acids is 1. The first kappa shape index (κ1) is 93.8. The fraction of sp³-hybridized carbons (Fsp3) is 0.461. The van der Waals surface area contributed by atoms with Gasteiger partial charge in [0.15, 0.2) is 0 Å². The van der Waals surface area contributed by atoms with Gasteiger partial charge in [0.25, 0.3) is 0 Å². The molecule has 0 unspecified atom stereocenters. The van der Waals surface area contributed by atoms with E-state index in [0.29, 0.717) is 43.8 Å². The summed E-state index contributed by atoms with van der Waals surface area (Å²) in [5.41, 5.74) is 32.9. The zero-order valence-electron chi connectivity index (χ0n) is 64.6. The molecule has 39 nitrogen and oxygen atoms in total. The normalized spacial score (nSPS) is 18.9. The second-order valence-corrected chi connectivity index (χ2v) is 29.8. The smallest absolute Gasteiger partial charge is 0.303 e. The number of carbonyl (C=O) groups excluding carboxylic acids is 16. The summed E-state index contributed by atoms with van der Waals surface area (Å²) in [4.78, 5) is 239. The molecule has 4 aromatic carbocycles. The maximum Gasteiger partial charge on any atom is 0.303 e. The van der Waals surface area contributed by atoms with Crippen molar-refractivity contribution in [2.24, 2.45) is 34.4 Å². The zero-order chi connectivity index (χ0) is 86.2. The largest absolute Gasteiger partial charge is 0.492 e. The number of hydrogen-bond acceptors (Lipinski definition) is 22. The van der Waals surface area contributed by atoms with Crippen LogP contribution in [0.15, 0.2) is 91.1 Å². The molecule has 2 heterocycles. The van der Waals surface area contributed by atoms with Crippen molar-refractivity contribution >= 4 is 146 Å². The van der Waals surface area contributed by atoms with Crippen LogP contribution >= 0.6 is 23.4 Å². The monoisotopic (exact) mass is 1670 g/mol. The summed E-state index contributed by atoms with van der Waals surface area (Å²) < 4.78 is 5.71. The van der Waals surface area contributed by atoms with Crippen molar-refractivity contribution in [3.05, 3.63) is 113 Å². The molecular formula is C76H102ClN19O20S. The minimum Gasteiger partial charge on any atom is -0.492 e. The number of aliphatic hydroxyl groups is 1. The molecule has 0 radical (unpaired) electrons. The van der Waals surface area contributed by atoms with Crippen molar-refractivity contribution in [2.75, 3.05) is 37.7 Å². The lowest BCUT2D eigenvalue weighted by atomic mass is 9.91. The van der Waals surface area contributed by atoms with Crippen LogP contribution in [0.5, 0.6) is 5.75 Å². The van der Waals surface area contributed by atoms with E-state index in [-0.39, 0.29) is 64.0 Å². The summed E-state index contributed by atoms with van der Waals surface area (Å²) >= 11 is 7.21. The highest BCUT2D eigenvalue weighted by atomic mass is 35.5. The number of benzene rings is 4. The van der Waals surface area contributed by atoms with E-state index in [1.807, 2.05) is 6.07 Å². The van der Waals surface area contributed by atoms with E-state index in [9.17, 15) is 63.0 Å². The van der Waals surface area contributed by atoms with E-state index in [1.165, 1.54) is 13.1 Å². The van der Waals surface area contributed by atoms with Crippen molar-refractivity contribution in [3.63, 3.8) is 0 Å². The average Bonchev–Trinajstić information content (AvgIpc) is 1.27. The number of aliphatic carboxylic acids is 1. The van der Waals surface area contributed by atoms with E-state index < -0.39 is 236 Å². The number of thioether (sulfide) groups is 1. The fourth-order valence-corrected chi connectivity index (χ4v) is 13.7. The molecule has 1 aliphatic heterocycles. The predicted molar refractivity (Wildman–Crippen MR) is 427 cm³/mol. The number of amides is 16. The van der Waals surface area contributed by atoms with Gasteiger partial charge in [-0.25, -0.2) is 0 Å². The van der Waals surface area contributed by atoms with Gasteiger partial charge in [0.2, 0.25) is 94.5 Å². The number of ether oxygens (including phenoxy) is 1. The van der Waals surface area contributed by atoms with Crippen molar-refractivity contribution in [1.82, 2.24) is 68.8 Å². The fourth-order valence-electron chi connectivity index (χ4n) is 12.5. The number of H-pyrrole nitrogens is 1. The average molecular weight is 1670 g/mol. The maximum atomic E-state index is 15.7. The van der Waals surface area contributed by atoms with Gasteiger partial charge in [0.1, 0.15) is 78.3 Å². The van der Waals surface area contributed by atoms with Gasteiger partial charge in [-0.05, 0) is 123 Å². The van der Waals surface area contributed by atoms with E-state index in [1.54, 1.807) is 78.9 Å². The number of rotatable bonds is 39. The third-order valence-electron chi connectivity index (χ3n) is 18.7. The number of primary amides is 4. The molecule has 5 aromatic rings. The molecule has 16 amide bonds. The molecule has 1 aliphatic rings. The van der Waals surface area contributed by atoms with Crippen LogP contribution in [0.1, 0.15) is 108 Å². The van der Waals surface area contributed by atoms with Gasteiger partial charge < -0.3 is 118 Å². The lowest BCUT2D eigenvalue weighted by molar-refractivity contribution is -0.140. The first-order valence-electron chi connectivity index (χ1n) is 37.5. The lowest BCUT2D eigenvalue weighted by Gasteiger charge is -2.34. The van der Waals surface area contributed by atoms with Gasteiger partial charge in [-0.2, -0.15) is 11.8 Å². The van der Waals surface area contributed by atoms with Crippen LogP contribution in [0.25, 0.3) is 21.7 Å². The van der Waals surface area contributed by atoms with Crippen LogP contribution in [0.4, 0.5) is 0 Å². The Balaban J connectivity index is 1.47. The minimum absolute atomic E-state index is 0.0846. The highest BCUT2D eigenvalue weighted by Gasteiger charge is 2.42. The molecule has 0 aliphatic carbocycles. The first-order valence-corrected chi connectivity index (χ1v) is 39.1. The number of carbonyl (C=O) groups is 17. The highest BCUT2D eigenvalue weighted by Crippen LogP contribution is 2.25. The van der Waals surface area contributed by atoms with Crippen LogP contribution in [0.2, 0.25) is 5.02 Å². The van der Waals surface area contributed by atoms with Gasteiger partial charge in [-0.3, -0.25) is 81.5 Å². The molecule has 1 saturated heterocycles. The molecule has 634 valence electrons. The number of halogens is 1. The summed E-state index contributed by atoms with van der Waals surface area (Å²) in [5.74, 6) is -18.6. The topological polar surface area (TPSA) is 656 Å². The summed E-state index contributed by atoms with van der Waals surface area (Å²) in [6, 6.07) is 5.75. The molecule has 0 spiro atoms. The molecule has 27 N–H and O–H groups in total. The lowest BCUT2D eigenvalue weighted by Crippen LogP contribution is -2.64. The van der Waals surface area contributed by atoms with Gasteiger partial charge >= 0.3 is 5.97 Å². The Morgan fingerprint density at radius 1 is 0.632 bits per heavy atom. The summed E-state index contributed by atoms with van der Waals surface area (Å²) in [6.07, 6.45) is -5.90. The molecule has 41 heteroatoms. The zero-order valence-corrected chi connectivity index (χ0v) is 66.2. The second kappa shape index (κ2) is 45.9. The third kappa shape index (κ3) is 30.6. The molecule has 6 rings (SSSR count). The Labute approximate surface area is 681 Å². The highest BCUT2D eigenvalue weighted by molar-refractivity contribution is 7.99. The van der Waals surface area contributed by atoms with Gasteiger partial charge in [0.05, 0.1) is 19.1 Å². The van der Waals surface area contributed by atoms with E-state index in [2.05, 4.69) is 68.8 Å². The van der Waals surface area contributed by atoms with Gasteiger partial charge in [-0.15, -0.1) is 0 Å². The van der Waals surface area contributed by atoms with Gasteiger partial charge in [-0.1, -0.05) is 72.3 Å². The molecular weight excluding hydrogens is 1570 g/mol. The van der Waals surface area contributed by atoms with Crippen LogP contribution in [0.3, 0.4) is 0 Å². The number of aromatic nitrogens is 1. The quantitative estimate of drug-likeness (QED) is 0.0165. The van der Waals surface area contributed by atoms with Crippen LogP contribution < -0.4 is 103 Å². The van der Waals surface area contributed by atoms with Crippen molar-refractivity contribution in [1.29, 1.82) is 0 Å². The molecule has 117 heavy (non-hydrogen) atoms. The molecule has 0 saturated carbocycles. The Kier molecular flexibility index (Phi) is 36.8. The van der Waals surface area contributed by atoms with Crippen LogP contribution in [0, 0.1) is 0 Å². The number of hydrogen-bond donors (Lipinski definition) is 21. The van der Waals surface area contributed by atoms with Gasteiger partial charge in [0, 0.05) is 79.9 Å². The van der Waals surface area contributed by atoms with Crippen molar-refractivity contribution < 1.29 is 96.5 Å². The number of unbranched alkanes of at least 4 members (excludes halogenated alkanes) is 1. The van der Waals surface area contributed by atoms with E-state index in [0.717, 1.165) is 31.0 Å². The number of aromatic amines is 1. The number of nitrogens with one attached hydrogen (secondary N) is 13. The number of carboxylic acid groups (broad SMARTS) is 1. The Hall–Kier alpha value is -12.0. The predicted octanol–water partition coefficient (Wildman–Crippen LogP) is -4.40. The standard InChI is InChI=1S/C76H102ClN19O20S/c1-39(97)64-74(114)92-56(33-45-36-84-53-34-46(77)14-17-48(45)53)71(111)88-49(18-21-59(80)99)66(106)93-58(38-117-29-24-52(86-40(2)98)68(108)87-50(69(109)95-64)19-22-60(81)100)72(112)89-54(31-41-11-15-47(16-12-41)116-28-27-79)70(110)90-55(32-42-10-13-43-8-4-5-9-44(43)30-42)73(113)96-76(3,25-6-7-26-78)75(115)94-51(20-23-63(103)104)67(107)91-57(35-61(82)101)65(105)85-37-62(83)102/h4-5,8-17,30,34,36,39,49-52,54-58,64,84,97H,6-7,18-29,31-33,35,37-38,78-79H2,1-3H3,(H2,80,99)(H2,81,100)(H2,82,101)(H2,83,102)(H,85,105)(H,86,98)(H,87,108)(H,88,111)(H,89,112)(H,90,110)(H,91,107)(H,92,114)(H,93,106)(H,94,115)(H,95,109)(H,96,113)(H,103,104)/t39-,49+,50+,51+,52+,54+,55+,56+,57+,58+,64+,76+/m1/s1. The Morgan fingerprint density at radius 3 is 1.86 bits per heavy atom. The first-order chi connectivity index (χ1) is 55.4. The SMILES string of the molecule is CC(=O)N[C@H]1CCSC[C@@H](C(=O)N[C@@H](Cc2ccc(OCCN)cc2)C(=O)N[C@@H](Cc2ccc3ccccc3c2)C(=O)N[C@@](C)(CCCCN)C(=O)N[C@@H](CCC(=O)O)C(=O)N[C@@H](CC(N)=O)C(=O)NCC(N)=O)NC(=O)[C@H](CCC(N)=O)NC(=O)[C@H](Cc2c[nH]c3cc(Cl)ccc23)NC(=O)[C@H]([C@@H](C)O)NC(=O)[C@H](CCC(N)=O)NC1=O. The van der Waals surface area contributed by atoms with E-state index >= 15 is 28.8 Å². The minimum atomic E-state index is -2.10. The molecule has 0 bridgehead atoms. The molecule has 12 atom stereocenters. The summed E-state index contributed by atoms with van der Waals surface area (Å²) in [6.45, 7) is 3.09. The van der Waals surface area contributed by atoms with Crippen molar-refractivity contribution in [3.8, 4) is 5.75 Å². The maximum absolute atomic E-state index is 15.7. The summed E-state index contributed by atoms with van der Waals surface area (Å²) in [5, 5.41) is 53.3. The van der Waals surface area contributed by atoms with Crippen LogP contribution in [-0.2, 0) is 101 Å².